The Morgan fingerprint density at radius 2 is 1.79 bits per heavy atom. The molecular weight excluding hydrogens is 508 g/mol. The zero-order valence-electron chi connectivity index (χ0n) is 22.8. The summed E-state index contributed by atoms with van der Waals surface area (Å²) in [5.74, 6) is 0.727. The standard InChI is InChI=1S/C25H42N8O4S/c1-16(23(36)30-25(2,3)4)33-14-17(31-32-33)8-7-11-21(35)27-13-12-26-20(34)10-6-5-9-19-22-18(15-38-19)28-24(37)29-22/h14,16,18-19,22H,5-13,15H2,1-4H3,(H,26,34)(H,27,35)(H,30,36)(H2,28,29,37)/t16?,18-,19-,22-/m0/s1. The molecule has 5 N–H and O–H groups in total. The van der Waals surface area contributed by atoms with Crippen LogP contribution in [0.2, 0.25) is 0 Å². The number of aryl methyl sites for hydroxylation is 1. The van der Waals surface area contributed by atoms with Crippen LogP contribution >= 0.6 is 11.8 Å². The van der Waals surface area contributed by atoms with Gasteiger partial charge in [0.1, 0.15) is 6.04 Å². The minimum absolute atomic E-state index is 0.0134. The molecule has 0 saturated carbocycles. The highest BCUT2D eigenvalue weighted by Crippen LogP contribution is 2.33. The van der Waals surface area contributed by atoms with Gasteiger partial charge < -0.3 is 26.6 Å². The van der Waals surface area contributed by atoms with Gasteiger partial charge in [-0.2, -0.15) is 11.8 Å². The molecule has 3 heterocycles. The number of nitrogens with one attached hydrogen (secondary N) is 5. The maximum atomic E-state index is 12.3. The Morgan fingerprint density at radius 1 is 1.11 bits per heavy atom. The van der Waals surface area contributed by atoms with Crippen LogP contribution in [0.5, 0.6) is 0 Å². The zero-order chi connectivity index (χ0) is 27.7. The third-order valence-corrected chi connectivity index (χ3v) is 8.03. The van der Waals surface area contributed by atoms with Crippen LogP contribution in [0.15, 0.2) is 6.20 Å². The molecule has 3 rings (SSSR count). The first-order valence-electron chi connectivity index (χ1n) is 13.5. The normalized spacial score (nSPS) is 21.3. The lowest BCUT2D eigenvalue weighted by Gasteiger charge is -2.23. The largest absolute Gasteiger partial charge is 0.354 e. The Kier molecular flexibility index (Phi) is 10.8. The molecule has 1 unspecified atom stereocenters. The summed E-state index contributed by atoms with van der Waals surface area (Å²) in [7, 11) is 0. The average Bonchev–Trinajstić information content (AvgIpc) is 3.54. The second kappa shape index (κ2) is 13.8. The third kappa shape index (κ3) is 9.48. The van der Waals surface area contributed by atoms with Crippen molar-refractivity contribution in [3.63, 3.8) is 0 Å². The molecule has 0 radical (unpaired) electrons. The zero-order valence-corrected chi connectivity index (χ0v) is 23.7. The summed E-state index contributed by atoms with van der Waals surface area (Å²) in [6.45, 7) is 8.32. The Balaban J connectivity index is 1.19. The second-order valence-electron chi connectivity index (χ2n) is 11.0. The quantitative estimate of drug-likeness (QED) is 0.171. The van der Waals surface area contributed by atoms with Crippen LogP contribution in [0.1, 0.15) is 78.0 Å². The van der Waals surface area contributed by atoms with E-state index in [0.717, 1.165) is 30.7 Å². The predicted octanol–water partition coefficient (Wildman–Crippen LogP) is 1.03. The van der Waals surface area contributed by atoms with Gasteiger partial charge in [0, 0.05) is 48.7 Å². The van der Waals surface area contributed by atoms with E-state index in [4.69, 9.17) is 0 Å². The predicted molar refractivity (Wildman–Crippen MR) is 146 cm³/mol. The maximum absolute atomic E-state index is 12.3. The fourth-order valence-corrected chi connectivity index (χ4v) is 6.04. The van der Waals surface area contributed by atoms with Gasteiger partial charge in [0.2, 0.25) is 17.7 Å². The molecule has 2 saturated heterocycles. The van der Waals surface area contributed by atoms with E-state index in [1.165, 1.54) is 4.68 Å². The van der Waals surface area contributed by atoms with Gasteiger partial charge in [0.15, 0.2) is 0 Å². The number of thioether (sulfide) groups is 1. The fourth-order valence-electron chi connectivity index (χ4n) is 4.50. The van der Waals surface area contributed by atoms with Crippen molar-refractivity contribution in [1.29, 1.82) is 0 Å². The lowest BCUT2D eigenvalue weighted by Crippen LogP contribution is -2.43. The minimum Gasteiger partial charge on any atom is -0.354 e. The van der Waals surface area contributed by atoms with Gasteiger partial charge in [-0.25, -0.2) is 9.48 Å². The number of fused-ring (bicyclic) bond motifs is 1. The number of nitrogens with zero attached hydrogens (tertiary/aromatic N) is 3. The number of amides is 5. The molecule has 2 fully saturated rings. The van der Waals surface area contributed by atoms with E-state index in [2.05, 4.69) is 36.9 Å². The first kappa shape index (κ1) is 29.7. The number of unbranched alkanes of at least 4 members (excludes halogenated alkanes) is 1. The maximum Gasteiger partial charge on any atom is 0.315 e. The molecule has 2 aliphatic heterocycles. The number of carbonyl (C=O) groups excluding carboxylic acids is 4. The summed E-state index contributed by atoms with van der Waals surface area (Å²) in [4.78, 5) is 47.9. The smallest absolute Gasteiger partial charge is 0.315 e. The highest BCUT2D eigenvalue weighted by molar-refractivity contribution is 8.00. The highest BCUT2D eigenvalue weighted by atomic mass is 32.2. The summed E-state index contributed by atoms with van der Waals surface area (Å²) in [6, 6.07) is -0.112. The summed E-state index contributed by atoms with van der Waals surface area (Å²) >= 11 is 1.88. The molecule has 4 atom stereocenters. The van der Waals surface area contributed by atoms with Crippen LogP contribution in [0, 0.1) is 0 Å². The topological polar surface area (TPSA) is 159 Å². The fraction of sp³-hybridized carbons (Fsp3) is 0.760. The van der Waals surface area contributed by atoms with Gasteiger partial charge in [0.25, 0.3) is 0 Å². The van der Waals surface area contributed by atoms with Crippen molar-refractivity contribution in [1.82, 2.24) is 41.6 Å². The molecule has 0 bridgehead atoms. The van der Waals surface area contributed by atoms with Crippen molar-refractivity contribution in [2.75, 3.05) is 18.8 Å². The summed E-state index contributed by atoms with van der Waals surface area (Å²) in [6.07, 6.45) is 6.48. The number of aromatic nitrogens is 3. The SMILES string of the molecule is CC(C(=O)NC(C)(C)C)n1cc(CCCC(=O)NCCNC(=O)CCCC[C@@H]2SC[C@@H]3NC(=O)N[C@@H]32)nn1. The molecule has 38 heavy (non-hydrogen) atoms. The van der Waals surface area contributed by atoms with E-state index in [1.54, 1.807) is 13.1 Å². The molecule has 212 valence electrons. The van der Waals surface area contributed by atoms with Crippen molar-refractivity contribution in [3.8, 4) is 0 Å². The number of hydrogen-bond acceptors (Lipinski definition) is 7. The van der Waals surface area contributed by atoms with Crippen LogP contribution in [0.25, 0.3) is 0 Å². The number of hydrogen-bond donors (Lipinski definition) is 5. The van der Waals surface area contributed by atoms with Gasteiger partial charge in [-0.3, -0.25) is 14.4 Å². The lowest BCUT2D eigenvalue weighted by molar-refractivity contribution is -0.125. The van der Waals surface area contributed by atoms with Crippen LogP contribution in [0.3, 0.4) is 0 Å². The van der Waals surface area contributed by atoms with Gasteiger partial charge in [-0.15, -0.1) is 5.10 Å². The Morgan fingerprint density at radius 3 is 2.47 bits per heavy atom. The van der Waals surface area contributed by atoms with Crippen LogP contribution in [0.4, 0.5) is 4.79 Å². The average molecular weight is 551 g/mol. The molecule has 0 aromatic carbocycles. The second-order valence-corrected chi connectivity index (χ2v) is 12.3. The molecule has 0 aliphatic carbocycles. The van der Waals surface area contributed by atoms with Gasteiger partial charge in [-0.05, 0) is 53.4 Å². The van der Waals surface area contributed by atoms with Crippen molar-refractivity contribution < 1.29 is 19.2 Å². The number of urea groups is 1. The minimum atomic E-state index is -0.471. The van der Waals surface area contributed by atoms with E-state index in [-0.39, 0.29) is 41.4 Å². The Bertz CT molecular complexity index is 979. The molecule has 5 amide bonds. The summed E-state index contributed by atoms with van der Waals surface area (Å²) < 4.78 is 1.54. The van der Waals surface area contributed by atoms with Crippen LogP contribution in [-0.4, -0.2) is 80.5 Å². The van der Waals surface area contributed by atoms with E-state index in [0.29, 0.717) is 44.0 Å². The molecule has 2 aliphatic rings. The van der Waals surface area contributed by atoms with Crippen molar-refractivity contribution in [2.24, 2.45) is 0 Å². The highest BCUT2D eigenvalue weighted by Gasteiger charge is 2.42. The van der Waals surface area contributed by atoms with Crippen molar-refractivity contribution in [2.45, 2.75) is 102 Å². The van der Waals surface area contributed by atoms with Gasteiger partial charge in [-0.1, -0.05) is 11.6 Å². The van der Waals surface area contributed by atoms with E-state index < -0.39 is 6.04 Å². The number of carbonyl (C=O) groups is 4. The molecular formula is C25H42N8O4S. The Labute approximate surface area is 228 Å². The first-order valence-corrected chi connectivity index (χ1v) is 14.5. The molecule has 13 heteroatoms. The number of rotatable bonds is 14. The van der Waals surface area contributed by atoms with E-state index >= 15 is 0 Å². The van der Waals surface area contributed by atoms with E-state index in [9.17, 15) is 19.2 Å². The Hall–Kier alpha value is -2.83. The van der Waals surface area contributed by atoms with Crippen molar-refractivity contribution in [3.05, 3.63) is 11.9 Å². The molecule has 0 spiro atoms. The van der Waals surface area contributed by atoms with Gasteiger partial charge >= 0.3 is 6.03 Å². The first-order chi connectivity index (χ1) is 18.0. The van der Waals surface area contributed by atoms with Gasteiger partial charge in [0.05, 0.1) is 17.8 Å². The van der Waals surface area contributed by atoms with Crippen LogP contribution in [-0.2, 0) is 20.8 Å². The van der Waals surface area contributed by atoms with Crippen LogP contribution < -0.4 is 26.6 Å². The third-order valence-electron chi connectivity index (χ3n) is 6.52. The summed E-state index contributed by atoms with van der Waals surface area (Å²) in [5.41, 5.74) is 0.412. The van der Waals surface area contributed by atoms with Crippen molar-refractivity contribution >= 4 is 35.5 Å². The summed E-state index contributed by atoms with van der Waals surface area (Å²) in [5, 5.41) is 23.1. The molecule has 1 aromatic rings. The lowest BCUT2D eigenvalue weighted by atomic mass is 10.0. The molecule has 1 aromatic heterocycles. The monoisotopic (exact) mass is 550 g/mol. The van der Waals surface area contributed by atoms with E-state index in [1.807, 2.05) is 32.5 Å². The molecule has 12 nitrogen and oxygen atoms in total.